The van der Waals surface area contributed by atoms with E-state index in [-0.39, 0.29) is 12.4 Å². The van der Waals surface area contributed by atoms with E-state index in [0.717, 1.165) is 5.56 Å². The molecule has 17 heavy (non-hydrogen) atoms. The minimum atomic E-state index is -3.40. The van der Waals surface area contributed by atoms with Gasteiger partial charge in [0.25, 0.3) is 0 Å². The van der Waals surface area contributed by atoms with Crippen LogP contribution >= 0.6 is 0 Å². The fourth-order valence-electron chi connectivity index (χ4n) is 1.29. The molecule has 0 aliphatic heterocycles. The summed E-state index contributed by atoms with van der Waals surface area (Å²) >= 11 is 0. The first-order valence-corrected chi connectivity index (χ1v) is 7.04. The van der Waals surface area contributed by atoms with Gasteiger partial charge in [-0.3, -0.25) is 4.72 Å². The van der Waals surface area contributed by atoms with E-state index in [9.17, 15) is 8.42 Å². The molecule has 3 N–H and O–H groups in total. The highest BCUT2D eigenvalue weighted by atomic mass is 32.2. The molecule has 0 saturated carbocycles. The van der Waals surface area contributed by atoms with E-state index in [1.807, 2.05) is 19.9 Å². The maximum absolute atomic E-state index is 11.7. The zero-order valence-corrected chi connectivity index (χ0v) is 10.9. The van der Waals surface area contributed by atoms with Gasteiger partial charge in [0.2, 0.25) is 10.0 Å². The largest absolute Gasteiger partial charge is 0.397 e. The smallest absolute Gasteiger partial charge is 0.235 e. The Bertz CT molecular complexity index is 472. The van der Waals surface area contributed by atoms with Crippen LogP contribution in [0.1, 0.15) is 12.5 Å². The summed E-state index contributed by atoms with van der Waals surface area (Å²) in [7, 11) is -3.40. The highest BCUT2D eigenvalue weighted by Gasteiger charge is 2.11. The van der Waals surface area contributed by atoms with Crippen molar-refractivity contribution in [3.63, 3.8) is 0 Å². The second-order valence-electron chi connectivity index (χ2n) is 3.71. The van der Waals surface area contributed by atoms with Gasteiger partial charge in [-0.05, 0) is 31.5 Å². The highest BCUT2D eigenvalue weighted by molar-refractivity contribution is 7.92. The van der Waals surface area contributed by atoms with Gasteiger partial charge in [-0.1, -0.05) is 6.07 Å². The van der Waals surface area contributed by atoms with Crippen molar-refractivity contribution in [3.8, 4) is 0 Å². The van der Waals surface area contributed by atoms with Crippen molar-refractivity contribution < 1.29 is 13.2 Å². The Kier molecular flexibility index (Phi) is 4.77. The van der Waals surface area contributed by atoms with E-state index in [2.05, 4.69) is 4.72 Å². The Hall–Kier alpha value is -1.27. The van der Waals surface area contributed by atoms with Gasteiger partial charge in [0, 0.05) is 6.61 Å². The van der Waals surface area contributed by atoms with Crippen LogP contribution in [0.3, 0.4) is 0 Å². The van der Waals surface area contributed by atoms with Gasteiger partial charge >= 0.3 is 0 Å². The molecular weight excluding hydrogens is 240 g/mol. The van der Waals surface area contributed by atoms with Gasteiger partial charge in [0.15, 0.2) is 0 Å². The first-order chi connectivity index (χ1) is 7.94. The van der Waals surface area contributed by atoms with Crippen molar-refractivity contribution >= 4 is 21.4 Å². The minimum Gasteiger partial charge on any atom is -0.397 e. The molecule has 0 atom stereocenters. The molecule has 0 bridgehead atoms. The van der Waals surface area contributed by atoms with Gasteiger partial charge in [-0.2, -0.15) is 0 Å². The van der Waals surface area contributed by atoms with E-state index in [1.54, 1.807) is 12.1 Å². The standard InChI is InChI=1S/C11H18N2O3S/c1-3-16-6-7-17(14,15)13-11-8-9(2)4-5-10(11)12/h4-5,8,13H,3,6-7,12H2,1-2H3. The monoisotopic (exact) mass is 258 g/mol. The van der Waals surface area contributed by atoms with Gasteiger partial charge in [-0.15, -0.1) is 0 Å². The minimum absolute atomic E-state index is 0.0752. The summed E-state index contributed by atoms with van der Waals surface area (Å²) in [5.41, 5.74) is 7.47. The summed E-state index contributed by atoms with van der Waals surface area (Å²) in [6, 6.07) is 5.20. The average Bonchev–Trinajstić information content (AvgIpc) is 2.23. The molecule has 0 aliphatic rings. The molecule has 1 aromatic rings. The number of aryl methyl sites for hydroxylation is 1. The Morgan fingerprint density at radius 2 is 2.12 bits per heavy atom. The van der Waals surface area contributed by atoms with E-state index in [0.29, 0.717) is 18.0 Å². The summed E-state index contributed by atoms with van der Waals surface area (Å²) < 4.78 is 30.8. The molecule has 1 rings (SSSR count). The van der Waals surface area contributed by atoms with Crippen LogP contribution in [-0.4, -0.2) is 27.4 Å². The third-order valence-corrected chi connectivity index (χ3v) is 3.41. The van der Waals surface area contributed by atoms with Gasteiger partial charge in [-0.25, -0.2) is 8.42 Å². The van der Waals surface area contributed by atoms with Crippen LogP contribution in [-0.2, 0) is 14.8 Å². The number of hydrogen-bond acceptors (Lipinski definition) is 4. The lowest BCUT2D eigenvalue weighted by atomic mass is 10.2. The van der Waals surface area contributed by atoms with Crippen LogP contribution in [0.4, 0.5) is 11.4 Å². The zero-order valence-electron chi connectivity index (χ0n) is 10.1. The third-order valence-electron chi connectivity index (χ3n) is 2.17. The van der Waals surface area contributed by atoms with E-state index in [4.69, 9.17) is 10.5 Å². The van der Waals surface area contributed by atoms with Crippen molar-refractivity contribution in [1.29, 1.82) is 0 Å². The number of rotatable bonds is 6. The second kappa shape index (κ2) is 5.88. The van der Waals surface area contributed by atoms with E-state index >= 15 is 0 Å². The molecule has 0 amide bonds. The molecule has 0 radical (unpaired) electrons. The van der Waals surface area contributed by atoms with Crippen molar-refractivity contribution in [2.24, 2.45) is 0 Å². The van der Waals surface area contributed by atoms with Crippen molar-refractivity contribution in [1.82, 2.24) is 0 Å². The van der Waals surface area contributed by atoms with Gasteiger partial charge < -0.3 is 10.5 Å². The summed E-state index contributed by atoms with van der Waals surface area (Å²) in [5, 5.41) is 0. The van der Waals surface area contributed by atoms with Crippen molar-refractivity contribution in [2.45, 2.75) is 13.8 Å². The van der Waals surface area contributed by atoms with Crippen LogP contribution < -0.4 is 10.5 Å². The number of sulfonamides is 1. The fraction of sp³-hybridized carbons (Fsp3) is 0.455. The molecule has 0 heterocycles. The Morgan fingerprint density at radius 1 is 1.41 bits per heavy atom. The SMILES string of the molecule is CCOCCS(=O)(=O)Nc1cc(C)ccc1N. The maximum Gasteiger partial charge on any atom is 0.235 e. The fourth-order valence-corrected chi connectivity index (χ4v) is 2.24. The lowest BCUT2D eigenvalue weighted by molar-refractivity contribution is 0.163. The first kappa shape index (κ1) is 13.8. The Morgan fingerprint density at radius 3 is 2.76 bits per heavy atom. The van der Waals surface area contributed by atoms with Crippen molar-refractivity contribution in [3.05, 3.63) is 23.8 Å². The molecule has 1 aromatic carbocycles. The number of nitrogens with two attached hydrogens (primary N) is 1. The summed E-state index contributed by atoms with van der Waals surface area (Å²) in [6.45, 7) is 4.37. The second-order valence-corrected chi connectivity index (χ2v) is 5.55. The van der Waals surface area contributed by atoms with Crippen LogP contribution in [0, 0.1) is 6.92 Å². The first-order valence-electron chi connectivity index (χ1n) is 5.39. The Labute approximate surface area is 102 Å². The van der Waals surface area contributed by atoms with Crippen LogP contribution in [0.5, 0.6) is 0 Å². The zero-order chi connectivity index (χ0) is 12.9. The third kappa shape index (κ3) is 4.62. The molecule has 0 spiro atoms. The van der Waals surface area contributed by atoms with E-state index < -0.39 is 10.0 Å². The number of anilines is 2. The number of hydrogen-bond donors (Lipinski definition) is 2. The molecule has 5 nitrogen and oxygen atoms in total. The molecule has 6 heteroatoms. The predicted molar refractivity (Wildman–Crippen MR) is 69.5 cm³/mol. The molecule has 0 saturated heterocycles. The topological polar surface area (TPSA) is 81.4 Å². The maximum atomic E-state index is 11.7. The van der Waals surface area contributed by atoms with Crippen LogP contribution in [0.15, 0.2) is 18.2 Å². The molecular formula is C11H18N2O3S. The van der Waals surface area contributed by atoms with E-state index in [1.165, 1.54) is 0 Å². The predicted octanol–water partition coefficient (Wildman–Crippen LogP) is 1.36. The highest BCUT2D eigenvalue weighted by Crippen LogP contribution is 2.20. The normalized spacial score (nSPS) is 11.4. The molecule has 0 unspecified atom stereocenters. The van der Waals surface area contributed by atoms with Gasteiger partial charge in [0.05, 0.1) is 23.7 Å². The average molecular weight is 258 g/mol. The van der Waals surface area contributed by atoms with Crippen LogP contribution in [0.25, 0.3) is 0 Å². The van der Waals surface area contributed by atoms with Crippen molar-refractivity contribution in [2.75, 3.05) is 29.4 Å². The summed E-state index contributed by atoms with van der Waals surface area (Å²) in [6.07, 6.45) is 0. The molecule has 96 valence electrons. The number of benzene rings is 1. The molecule has 0 aliphatic carbocycles. The quantitative estimate of drug-likeness (QED) is 0.596. The molecule has 0 aromatic heterocycles. The Balaban J connectivity index is 2.72. The summed E-state index contributed by atoms with van der Waals surface area (Å²) in [4.78, 5) is 0. The number of ether oxygens (including phenoxy) is 1. The summed E-state index contributed by atoms with van der Waals surface area (Å²) in [5.74, 6) is -0.0752. The number of nitrogens with one attached hydrogen (secondary N) is 1. The number of nitrogen functional groups attached to an aromatic ring is 1. The van der Waals surface area contributed by atoms with Crippen LogP contribution in [0.2, 0.25) is 0 Å². The molecule has 0 fully saturated rings. The lowest BCUT2D eigenvalue weighted by Gasteiger charge is -2.10. The van der Waals surface area contributed by atoms with Gasteiger partial charge in [0.1, 0.15) is 0 Å². The lowest BCUT2D eigenvalue weighted by Crippen LogP contribution is -2.20.